The van der Waals surface area contributed by atoms with Crippen molar-refractivity contribution in [2.24, 2.45) is 0 Å². The van der Waals surface area contributed by atoms with Gasteiger partial charge in [-0.1, -0.05) is 11.6 Å². The fourth-order valence-corrected chi connectivity index (χ4v) is 1.27. The third-order valence-electron chi connectivity index (χ3n) is 1.94. The summed E-state index contributed by atoms with van der Waals surface area (Å²) in [5.74, 6) is 0.222. The van der Waals surface area contributed by atoms with Crippen LogP contribution in [0.5, 0.6) is 5.75 Å². The zero-order valence-corrected chi connectivity index (χ0v) is 8.44. The lowest BCUT2D eigenvalue weighted by molar-refractivity contribution is -0.385. The first-order valence-corrected chi connectivity index (χ1v) is 4.73. The van der Waals surface area contributed by atoms with E-state index in [1.807, 2.05) is 0 Å². The number of epoxide rings is 1. The number of hydrogen-bond acceptors (Lipinski definition) is 4. The highest BCUT2D eigenvalue weighted by molar-refractivity contribution is 6.30. The summed E-state index contributed by atoms with van der Waals surface area (Å²) in [6.07, 6.45) is 0.0697. The molecule has 0 aliphatic carbocycles. The van der Waals surface area contributed by atoms with Gasteiger partial charge in [0.25, 0.3) is 0 Å². The van der Waals surface area contributed by atoms with Crippen LogP contribution in [0.2, 0.25) is 5.02 Å². The van der Waals surface area contributed by atoms with E-state index in [0.29, 0.717) is 18.2 Å². The van der Waals surface area contributed by atoms with Gasteiger partial charge in [-0.2, -0.15) is 0 Å². The lowest BCUT2D eigenvalue weighted by Gasteiger charge is -2.04. The molecule has 0 aromatic heterocycles. The molecule has 80 valence electrons. The fraction of sp³-hybridized carbons (Fsp3) is 0.333. The van der Waals surface area contributed by atoms with Crippen LogP contribution in [0.1, 0.15) is 0 Å². The summed E-state index contributed by atoms with van der Waals surface area (Å²) in [7, 11) is 0. The molecule has 1 aliphatic heterocycles. The van der Waals surface area contributed by atoms with Crippen LogP contribution >= 0.6 is 11.6 Å². The van der Waals surface area contributed by atoms with Crippen LogP contribution in [-0.2, 0) is 4.74 Å². The first-order valence-electron chi connectivity index (χ1n) is 4.35. The van der Waals surface area contributed by atoms with E-state index >= 15 is 0 Å². The van der Waals surface area contributed by atoms with Crippen molar-refractivity contribution in [3.63, 3.8) is 0 Å². The monoisotopic (exact) mass is 229 g/mol. The topological polar surface area (TPSA) is 64.9 Å². The Hall–Kier alpha value is -1.33. The zero-order chi connectivity index (χ0) is 10.8. The van der Waals surface area contributed by atoms with Gasteiger partial charge in [0.1, 0.15) is 12.7 Å². The Kier molecular flexibility index (Phi) is 2.75. The van der Waals surface area contributed by atoms with E-state index in [1.165, 1.54) is 12.1 Å². The Morgan fingerprint density at radius 3 is 3.00 bits per heavy atom. The summed E-state index contributed by atoms with van der Waals surface area (Å²) in [5.41, 5.74) is -0.122. The van der Waals surface area contributed by atoms with Crippen molar-refractivity contribution in [1.82, 2.24) is 0 Å². The Labute approximate surface area is 90.7 Å². The van der Waals surface area contributed by atoms with Crippen LogP contribution in [0.4, 0.5) is 5.69 Å². The van der Waals surface area contributed by atoms with E-state index in [0.717, 1.165) is 0 Å². The Morgan fingerprint density at radius 2 is 2.40 bits per heavy atom. The summed E-state index contributed by atoms with van der Waals surface area (Å²) in [4.78, 5) is 10.2. The maximum Gasteiger partial charge on any atom is 0.312 e. The van der Waals surface area contributed by atoms with Crippen molar-refractivity contribution in [3.8, 4) is 5.75 Å². The SMILES string of the molecule is O=[N+]([O-])c1cc(Cl)ccc1OCC1CO1. The van der Waals surface area contributed by atoms with Crippen LogP contribution in [0.15, 0.2) is 18.2 Å². The van der Waals surface area contributed by atoms with Crippen molar-refractivity contribution in [2.45, 2.75) is 6.10 Å². The molecule has 5 nitrogen and oxygen atoms in total. The first kappa shape index (κ1) is 10.2. The molecule has 0 saturated carbocycles. The molecule has 1 heterocycles. The van der Waals surface area contributed by atoms with Crippen LogP contribution in [0, 0.1) is 10.1 Å². The Morgan fingerprint density at radius 1 is 1.67 bits per heavy atom. The molecule has 1 fully saturated rings. The average molecular weight is 230 g/mol. The Bertz CT molecular complexity index is 392. The summed E-state index contributed by atoms with van der Waals surface area (Å²) in [6, 6.07) is 4.31. The van der Waals surface area contributed by atoms with Crippen molar-refractivity contribution in [2.75, 3.05) is 13.2 Å². The number of rotatable bonds is 4. The molecule has 15 heavy (non-hydrogen) atoms. The van der Waals surface area contributed by atoms with Crippen molar-refractivity contribution < 1.29 is 14.4 Å². The smallest absolute Gasteiger partial charge is 0.312 e. The third kappa shape index (κ3) is 2.57. The third-order valence-corrected chi connectivity index (χ3v) is 2.18. The molecule has 0 radical (unpaired) electrons. The first-order chi connectivity index (χ1) is 7.16. The minimum Gasteiger partial charge on any atom is -0.484 e. The molecule has 0 N–H and O–H groups in total. The number of benzene rings is 1. The van der Waals surface area contributed by atoms with Crippen LogP contribution in [-0.4, -0.2) is 24.2 Å². The van der Waals surface area contributed by atoms with Crippen LogP contribution < -0.4 is 4.74 Å². The molecule has 2 rings (SSSR count). The summed E-state index contributed by atoms with van der Waals surface area (Å²) in [6.45, 7) is 0.990. The molecule has 0 spiro atoms. The lowest BCUT2D eigenvalue weighted by Crippen LogP contribution is -2.05. The van der Waals surface area contributed by atoms with E-state index in [9.17, 15) is 10.1 Å². The van der Waals surface area contributed by atoms with E-state index in [2.05, 4.69) is 0 Å². The molecule has 6 heteroatoms. The van der Waals surface area contributed by atoms with Gasteiger partial charge in [-0.3, -0.25) is 10.1 Å². The molecular weight excluding hydrogens is 222 g/mol. The highest BCUT2D eigenvalue weighted by Gasteiger charge is 2.25. The van der Waals surface area contributed by atoms with Gasteiger partial charge in [-0.05, 0) is 12.1 Å². The standard InChI is InChI=1S/C9H8ClNO4/c10-6-1-2-9(8(3-6)11(12)13)15-5-7-4-14-7/h1-3,7H,4-5H2. The number of hydrogen-bond donors (Lipinski definition) is 0. The number of nitro benzene ring substituents is 1. The highest BCUT2D eigenvalue weighted by atomic mass is 35.5. The molecule has 0 bridgehead atoms. The number of ether oxygens (including phenoxy) is 2. The fourth-order valence-electron chi connectivity index (χ4n) is 1.10. The second kappa shape index (κ2) is 4.04. The second-order valence-electron chi connectivity index (χ2n) is 3.14. The highest BCUT2D eigenvalue weighted by Crippen LogP contribution is 2.30. The quantitative estimate of drug-likeness (QED) is 0.450. The minimum absolute atomic E-state index is 0.0697. The normalized spacial score (nSPS) is 18.6. The van der Waals surface area contributed by atoms with Gasteiger partial charge < -0.3 is 9.47 Å². The molecule has 1 aromatic rings. The van der Waals surface area contributed by atoms with Gasteiger partial charge in [0, 0.05) is 11.1 Å². The van der Waals surface area contributed by atoms with Gasteiger partial charge in [0.05, 0.1) is 11.5 Å². The molecule has 0 amide bonds. The van der Waals surface area contributed by atoms with Crippen molar-refractivity contribution in [3.05, 3.63) is 33.3 Å². The minimum atomic E-state index is -0.519. The number of nitro groups is 1. The molecule has 1 saturated heterocycles. The predicted octanol–water partition coefficient (Wildman–Crippen LogP) is 2.03. The van der Waals surface area contributed by atoms with E-state index in [4.69, 9.17) is 21.1 Å². The van der Waals surface area contributed by atoms with E-state index < -0.39 is 4.92 Å². The predicted molar refractivity (Wildman–Crippen MR) is 53.3 cm³/mol. The van der Waals surface area contributed by atoms with Gasteiger partial charge in [-0.15, -0.1) is 0 Å². The largest absolute Gasteiger partial charge is 0.484 e. The van der Waals surface area contributed by atoms with Crippen LogP contribution in [0.25, 0.3) is 0 Å². The summed E-state index contributed by atoms with van der Waals surface area (Å²) >= 11 is 5.65. The van der Waals surface area contributed by atoms with Crippen molar-refractivity contribution in [1.29, 1.82) is 0 Å². The summed E-state index contributed by atoms with van der Waals surface area (Å²) in [5, 5.41) is 11.0. The van der Waals surface area contributed by atoms with Crippen LogP contribution in [0.3, 0.4) is 0 Å². The molecular formula is C9H8ClNO4. The van der Waals surface area contributed by atoms with Gasteiger partial charge in [-0.25, -0.2) is 0 Å². The summed E-state index contributed by atoms with van der Waals surface area (Å²) < 4.78 is 10.2. The zero-order valence-electron chi connectivity index (χ0n) is 7.68. The van der Waals surface area contributed by atoms with E-state index in [-0.39, 0.29) is 17.5 Å². The van der Waals surface area contributed by atoms with Gasteiger partial charge >= 0.3 is 5.69 Å². The van der Waals surface area contributed by atoms with Gasteiger partial charge in [0.2, 0.25) is 0 Å². The number of halogens is 1. The van der Waals surface area contributed by atoms with Gasteiger partial charge in [0.15, 0.2) is 5.75 Å². The average Bonchev–Trinajstić information content (AvgIpc) is 2.99. The molecule has 1 atom stereocenters. The number of nitrogens with zero attached hydrogens (tertiary/aromatic N) is 1. The lowest BCUT2D eigenvalue weighted by atomic mass is 10.3. The van der Waals surface area contributed by atoms with Crippen molar-refractivity contribution >= 4 is 17.3 Å². The Balaban J connectivity index is 2.15. The molecule has 1 aromatic carbocycles. The molecule has 1 unspecified atom stereocenters. The second-order valence-corrected chi connectivity index (χ2v) is 3.57. The maximum absolute atomic E-state index is 10.7. The molecule has 1 aliphatic rings. The maximum atomic E-state index is 10.7. The van der Waals surface area contributed by atoms with E-state index in [1.54, 1.807) is 6.07 Å².